The molecule has 18 heavy (non-hydrogen) atoms. The van der Waals surface area contributed by atoms with Gasteiger partial charge in [-0.15, -0.1) is 0 Å². The molecular formula is C13H19NO4. The van der Waals surface area contributed by atoms with Gasteiger partial charge in [-0.05, 0) is 26.1 Å². The number of phenolic OH excluding ortho intramolecular Hbond substituents is 2. The number of nitrogens with zero attached hydrogens (tertiary/aromatic N) is 1. The average molecular weight is 253 g/mol. The first-order valence-corrected chi connectivity index (χ1v) is 5.86. The van der Waals surface area contributed by atoms with Crippen molar-refractivity contribution in [2.75, 3.05) is 33.4 Å². The Balaban J connectivity index is 2.54. The Morgan fingerprint density at radius 2 is 2.11 bits per heavy atom. The summed E-state index contributed by atoms with van der Waals surface area (Å²) in [7, 11) is 1.81. The maximum Gasteiger partial charge on any atom is 0.180 e. The minimum Gasteiger partial charge on any atom is -0.508 e. The Morgan fingerprint density at radius 1 is 1.39 bits per heavy atom. The van der Waals surface area contributed by atoms with Crippen molar-refractivity contribution in [2.45, 2.75) is 6.92 Å². The molecule has 0 spiro atoms. The number of benzene rings is 1. The summed E-state index contributed by atoms with van der Waals surface area (Å²) in [6.07, 6.45) is 0. The second-order valence-electron chi connectivity index (χ2n) is 4.06. The second-order valence-corrected chi connectivity index (χ2v) is 4.06. The first kappa shape index (κ1) is 14.5. The lowest BCUT2D eigenvalue weighted by Gasteiger charge is -2.15. The van der Waals surface area contributed by atoms with Crippen LogP contribution in [0.2, 0.25) is 0 Å². The van der Waals surface area contributed by atoms with Gasteiger partial charge in [-0.25, -0.2) is 0 Å². The first-order valence-electron chi connectivity index (χ1n) is 5.86. The Kier molecular flexibility index (Phi) is 5.61. The van der Waals surface area contributed by atoms with Gasteiger partial charge >= 0.3 is 0 Å². The standard InChI is InChI=1S/C13H19NO4/c1-3-18-7-6-14(2)9-13(17)11-5-4-10(15)8-12(11)16/h4-5,8,15-16H,3,6-7,9H2,1-2H3. The lowest BCUT2D eigenvalue weighted by Crippen LogP contribution is -2.29. The highest BCUT2D eigenvalue weighted by atomic mass is 16.5. The first-order chi connectivity index (χ1) is 8.54. The van der Waals surface area contributed by atoms with E-state index in [4.69, 9.17) is 9.84 Å². The topological polar surface area (TPSA) is 70.0 Å². The number of Topliss-reactive ketones (excluding diaryl/α,β-unsaturated/α-hetero) is 1. The van der Waals surface area contributed by atoms with E-state index in [1.165, 1.54) is 12.1 Å². The van der Waals surface area contributed by atoms with Crippen LogP contribution in [0.25, 0.3) is 0 Å². The quantitative estimate of drug-likeness (QED) is 0.565. The van der Waals surface area contributed by atoms with Gasteiger partial charge in [0.15, 0.2) is 5.78 Å². The highest BCUT2D eigenvalue weighted by Gasteiger charge is 2.13. The second kappa shape index (κ2) is 6.98. The predicted octanol–water partition coefficient (Wildman–Crippen LogP) is 1.25. The number of hydrogen-bond acceptors (Lipinski definition) is 5. The van der Waals surface area contributed by atoms with Crippen LogP contribution in [0.4, 0.5) is 0 Å². The van der Waals surface area contributed by atoms with Crippen LogP contribution in [-0.2, 0) is 4.74 Å². The Hall–Kier alpha value is -1.59. The summed E-state index contributed by atoms with van der Waals surface area (Å²) in [4.78, 5) is 13.7. The van der Waals surface area contributed by atoms with Crippen molar-refractivity contribution in [3.63, 3.8) is 0 Å². The molecule has 0 aliphatic heterocycles. The number of likely N-dealkylation sites (N-methyl/N-ethyl adjacent to an activating group) is 1. The molecule has 0 aromatic heterocycles. The van der Waals surface area contributed by atoms with Gasteiger partial charge in [0.2, 0.25) is 0 Å². The van der Waals surface area contributed by atoms with Crippen molar-refractivity contribution in [1.29, 1.82) is 0 Å². The predicted molar refractivity (Wildman–Crippen MR) is 68.1 cm³/mol. The van der Waals surface area contributed by atoms with Crippen LogP contribution < -0.4 is 0 Å². The normalized spacial score (nSPS) is 10.8. The molecule has 0 fully saturated rings. The van der Waals surface area contributed by atoms with E-state index in [0.29, 0.717) is 19.8 Å². The number of rotatable bonds is 7. The fourth-order valence-corrected chi connectivity index (χ4v) is 1.53. The van der Waals surface area contributed by atoms with Crippen LogP contribution >= 0.6 is 0 Å². The summed E-state index contributed by atoms with van der Waals surface area (Å²) in [5, 5.41) is 18.7. The lowest BCUT2D eigenvalue weighted by molar-refractivity contribution is 0.0894. The highest BCUT2D eigenvalue weighted by molar-refractivity contribution is 6.00. The SMILES string of the molecule is CCOCCN(C)CC(=O)c1ccc(O)cc1O. The van der Waals surface area contributed by atoms with Crippen molar-refractivity contribution in [2.24, 2.45) is 0 Å². The molecule has 0 atom stereocenters. The van der Waals surface area contributed by atoms with Crippen LogP contribution in [0.5, 0.6) is 11.5 Å². The molecule has 0 aliphatic rings. The van der Waals surface area contributed by atoms with E-state index >= 15 is 0 Å². The van der Waals surface area contributed by atoms with Gasteiger partial charge in [-0.2, -0.15) is 0 Å². The largest absolute Gasteiger partial charge is 0.508 e. The van der Waals surface area contributed by atoms with Gasteiger partial charge in [0.25, 0.3) is 0 Å². The molecule has 5 heteroatoms. The van der Waals surface area contributed by atoms with Crippen molar-refractivity contribution < 1.29 is 19.7 Å². The van der Waals surface area contributed by atoms with E-state index in [0.717, 1.165) is 6.07 Å². The molecule has 0 unspecified atom stereocenters. The minimum absolute atomic E-state index is 0.0613. The molecule has 1 aromatic carbocycles. The van der Waals surface area contributed by atoms with Crippen molar-refractivity contribution in [3.05, 3.63) is 23.8 Å². The molecule has 0 radical (unpaired) electrons. The summed E-state index contributed by atoms with van der Waals surface area (Å²) in [5.74, 6) is -0.446. The zero-order chi connectivity index (χ0) is 13.5. The van der Waals surface area contributed by atoms with Crippen LogP contribution in [0.1, 0.15) is 17.3 Å². The molecule has 1 aromatic rings. The monoisotopic (exact) mass is 253 g/mol. The Bertz CT molecular complexity index is 406. The summed E-state index contributed by atoms with van der Waals surface area (Å²) in [6, 6.07) is 3.96. The molecule has 0 heterocycles. The van der Waals surface area contributed by atoms with Gasteiger partial charge in [0.05, 0.1) is 18.7 Å². The summed E-state index contributed by atoms with van der Waals surface area (Å²) in [5.41, 5.74) is 0.219. The van der Waals surface area contributed by atoms with Gasteiger partial charge < -0.3 is 14.9 Å². The van der Waals surface area contributed by atoms with Crippen LogP contribution in [0, 0.1) is 0 Å². The molecule has 2 N–H and O–H groups in total. The van der Waals surface area contributed by atoms with Crippen molar-refractivity contribution in [1.82, 2.24) is 4.90 Å². The summed E-state index contributed by atoms with van der Waals surface area (Å²) >= 11 is 0. The smallest absolute Gasteiger partial charge is 0.180 e. The molecular weight excluding hydrogens is 234 g/mol. The summed E-state index contributed by atoms with van der Waals surface area (Å²) < 4.78 is 5.20. The van der Waals surface area contributed by atoms with E-state index in [2.05, 4.69) is 0 Å². The third kappa shape index (κ3) is 4.35. The minimum atomic E-state index is -0.196. The fourth-order valence-electron chi connectivity index (χ4n) is 1.53. The van der Waals surface area contributed by atoms with Crippen LogP contribution in [0.3, 0.4) is 0 Å². The Labute approximate surface area is 107 Å². The highest BCUT2D eigenvalue weighted by Crippen LogP contribution is 2.22. The van der Waals surface area contributed by atoms with Gasteiger partial charge in [-0.3, -0.25) is 9.69 Å². The van der Waals surface area contributed by atoms with Gasteiger partial charge in [0.1, 0.15) is 11.5 Å². The lowest BCUT2D eigenvalue weighted by atomic mass is 10.1. The van der Waals surface area contributed by atoms with E-state index in [-0.39, 0.29) is 29.4 Å². The number of ketones is 1. The zero-order valence-corrected chi connectivity index (χ0v) is 10.7. The van der Waals surface area contributed by atoms with Crippen molar-refractivity contribution in [3.8, 4) is 11.5 Å². The molecule has 100 valence electrons. The average Bonchev–Trinajstić information content (AvgIpc) is 2.28. The van der Waals surface area contributed by atoms with E-state index in [1.807, 2.05) is 18.9 Å². The molecule has 0 saturated heterocycles. The van der Waals surface area contributed by atoms with E-state index < -0.39 is 0 Å². The molecule has 1 rings (SSSR count). The van der Waals surface area contributed by atoms with Gasteiger partial charge in [0, 0.05) is 19.2 Å². The number of hydrogen-bond donors (Lipinski definition) is 2. The molecule has 0 aliphatic carbocycles. The zero-order valence-electron chi connectivity index (χ0n) is 10.7. The van der Waals surface area contributed by atoms with E-state index in [9.17, 15) is 9.90 Å². The Morgan fingerprint density at radius 3 is 2.72 bits per heavy atom. The third-order valence-corrected chi connectivity index (χ3v) is 2.52. The molecule has 5 nitrogen and oxygen atoms in total. The number of ether oxygens (including phenoxy) is 1. The van der Waals surface area contributed by atoms with Crippen molar-refractivity contribution >= 4 is 5.78 Å². The van der Waals surface area contributed by atoms with Crippen LogP contribution in [0.15, 0.2) is 18.2 Å². The molecule has 0 amide bonds. The number of phenols is 2. The van der Waals surface area contributed by atoms with E-state index in [1.54, 1.807) is 0 Å². The maximum atomic E-state index is 11.9. The molecule has 0 bridgehead atoms. The van der Waals surface area contributed by atoms with Gasteiger partial charge in [-0.1, -0.05) is 0 Å². The summed E-state index contributed by atoms with van der Waals surface area (Å²) in [6.45, 7) is 3.99. The fraction of sp³-hybridized carbons (Fsp3) is 0.462. The number of aromatic hydroxyl groups is 2. The number of carbonyl (C=O) groups is 1. The number of carbonyl (C=O) groups excluding carboxylic acids is 1. The molecule has 0 saturated carbocycles. The third-order valence-electron chi connectivity index (χ3n) is 2.52. The maximum absolute atomic E-state index is 11.9. The van der Waals surface area contributed by atoms with Crippen LogP contribution in [-0.4, -0.2) is 54.2 Å².